The number of para-hydroxylation sites is 3. The van der Waals surface area contributed by atoms with E-state index in [1.165, 1.54) is 12.4 Å². The lowest BCUT2D eigenvalue weighted by molar-refractivity contribution is -0.113. The summed E-state index contributed by atoms with van der Waals surface area (Å²) in [5, 5.41) is 7.53. The highest BCUT2D eigenvalue weighted by Gasteiger charge is 2.06. The van der Waals surface area contributed by atoms with Gasteiger partial charge in [0.05, 0.1) is 16.7 Å². The third-order valence-corrected chi connectivity index (χ3v) is 5.54. The number of carbonyl (C=O) groups excluding carboxylic acids is 1. The third kappa shape index (κ3) is 6.55. The normalized spacial score (nSPS) is 10.7. The Morgan fingerprint density at radius 2 is 1.23 bits per heavy atom. The minimum Gasteiger partial charge on any atom is -0.366 e. The van der Waals surface area contributed by atoms with Crippen LogP contribution in [-0.2, 0) is 4.79 Å². The molecule has 3 aromatic heterocycles. The van der Waals surface area contributed by atoms with Gasteiger partial charge in [-0.2, -0.15) is 0 Å². The van der Waals surface area contributed by atoms with Crippen molar-refractivity contribution in [2.24, 2.45) is 5.73 Å². The lowest BCUT2D eigenvalue weighted by atomic mass is 10.2. The zero-order chi connectivity index (χ0) is 26.9. The number of hydrogen-bond acceptors (Lipinski definition) is 8. The maximum Gasteiger partial charge on any atom is 0.241 e. The molecule has 0 aliphatic rings. The number of pyridine rings is 1. The molecule has 0 aliphatic heterocycles. The van der Waals surface area contributed by atoms with E-state index < -0.39 is 5.91 Å². The minimum atomic E-state index is -0.520. The number of amides is 1. The molecule has 0 fully saturated rings. The standard InChI is InChI=1S/C16H13N5O.C14H11N3/c17-14(22)9-7-12-6-8-13-15(20-12)16(19-10-18-13)21-11-4-2-1-3-5-11;1-2-6-11(7-3-1)17-14-12-8-4-5-9-13(12)15-10-16-14/h1-10H,(H2,17,22)(H,18,19,21);1-10H,(H,15,16,17). The topological polar surface area (TPSA) is 132 Å². The minimum absolute atomic E-state index is 0.520. The lowest BCUT2D eigenvalue weighted by Gasteiger charge is -2.07. The molecule has 0 atom stereocenters. The first-order valence-electron chi connectivity index (χ1n) is 12.1. The molecule has 3 aromatic carbocycles. The molecule has 0 aliphatic carbocycles. The van der Waals surface area contributed by atoms with Crippen LogP contribution >= 0.6 is 0 Å². The summed E-state index contributed by atoms with van der Waals surface area (Å²) in [5.41, 5.74) is 9.91. The van der Waals surface area contributed by atoms with E-state index in [4.69, 9.17) is 5.73 Å². The van der Waals surface area contributed by atoms with Crippen LogP contribution in [0.1, 0.15) is 5.69 Å². The van der Waals surface area contributed by atoms with Crippen molar-refractivity contribution >= 4 is 56.9 Å². The molecule has 9 nitrogen and oxygen atoms in total. The van der Waals surface area contributed by atoms with E-state index in [0.717, 1.165) is 28.1 Å². The van der Waals surface area contributed by atoms with E-state index in [1.54, 1.807) is 18.5 Å². The molecule has 0 saturated heterocycles. The van der Waals surface area contributed by atoms with Gasteiger partial charge >= 0.3 is 0 Å². The van der Waals surface area contributed by atoms with E-state index in [2.05, 4.69) is 35.6 Å². The predicted octanol–water partition coefficient (Wildman–Crippen LogP) is 5.64. The molecule has 4 N–H and O–H groups in total. The summed E-state index contributed by atoms with van der Waals surface area (Å²) < 4.78 is 0. The Hall–Kier alpha value is -5.70. The van der Waals surface area contributed by atoms with Crippen LogP contribution in [0.5, 0.6) is 0 Å². The van der Waals surface area contributed by atoms with Crippen LogP contribution < -0.4 is 16.4 Å². The fourth-order valence-electron chi connectivity index (χ4n) is 3.73. The first kappa shape index (κ1) is 25.0. The number of primary amides is 1. The molecule has 0 unspecified atom stereocenters. The van der Waals surface area contributed by atoms with Crippen molar-refractivity contribution < 1.29 is 4.79 Å². The Bertz CT molecular complexity index is 1740. The highest BCUT2D eigenvalue weighted by Crippen LogP contribution is 2.23. The summed E-state index contributed by atoms with van der Waals surface area (Å²) in [7, 11) is 0. The summed E-state index contributed by atoms with van der Waals surface area (Å²) >= 11 is 0. The average Bonchev–Trinajstić information content (AvgIpc) is 2.98. The molecule has 190 valence electrons. The van der Waals surface area contributed by atoms with Crippen LogP contribution in [0.25, 0.3) is 28.0 Å². The maximum atomic E-state index is 10.8. The van der Waals surface area contributed by atoms with Crippen LogP contribution in [-0.4, -0.2) is 30.8 Å². The largest absolute Gasteiger partial charge is 0.366 e. The number of anilines is 4. The van der Waals surface area contributed by atoms with Gasteiger partial charge in [-0.25, -0.2) is 24.9 Å². The quantitative estimate of drug-likeness (QED) is 0.244. The average molecular weight is 513 g/mol. The highest BCUT2D eigenvalue weighted by atomic mass is 16.1. The fourth-order valence-corrected chi connectivity index (χ4v) is 3.73. The molecule has 0 saturated carbocycles. The highest BCUT2D eigenvalue weighted by molar-refractivity contribution is 5.92. The molecular formula is C30H24N8O. The van der Waals surface area contributed by atoms with Gasteiger partial charge in [-0.1, -0.05) is 48.5 Å². The Kier molecular flexibility index (Phi) is 7.70. The maximum absolute atomic E-state index is 10.8. The molecule has 0 bridgehead atoms. The van der Waals surface area contributed by atoms with Crippen LogP contribution in [0, 0.1) is 0 Å². The summed E-state index contributed by atoms with van der Waals surface area (Å²) in [6.07, 6.45) is 5.88. The van der Waals surface area contributed by atoms with Crippen molar-refractivity contribution in [3.63, 3.8) is 0 Å². The van der Waals surface area contributed by atoms with Crippen LogP contribution in [0.3, 0.4) is 0 Å². The van der Waals surface area contributed by atoms with Gasteiger partial charge in [0.15, 0.2) is 5.82 Å². The van der Waals surface area contributed by atoms with Crippen molar-refractivity contribution in [3.05, 3.63) is 121 Å². The monoisotopic (exact) mass is 512 g/mol. The van der Waals surface area contributed by atoms with Gasteiger partial charge in [0.2, 0.25) is 5.91 Å². The molecule has 6 aromatic rings. The van der Waals surface area contributed by atoms with E-state index in [0.29, 0.717) is 22.5 Å². The molecule has 3 heterocycles. The van der Waals surface area contributed by atoms with Crippen molar-refractivity contribution in [2.75, 3.05) is 10.6 Å². The number of nitrogens with one attached hydrogen (secondary N) is 2. The Morgan fingerprint density at radius 1 is 0.641 bits per heavy atom. The number of hydrogen-bond donors (Lipinski definition) is 3. The summed E-state index contributed by atoms with van der Waals surface area (Å²) in [5.74, 6) is 0.918. The van der Waals surface area contributed by atoms with Gasteiger partial charge in [-0.05, 0) is 54.6 Å². The predicted molar refractivity (Wildman–Crippen MR) is 155 cm³/mol. The summed E-state index contributed by atoms with van der Waals surface area (Å²) in [6.45, 7) is 0. The molecule has 39 heavy (non-hydrogen) atoms. The molecule has 0 spiro atoms. The zero-order valence-corrected chi connectivity index (χ0v) is 20.8. The number of fused-ring (bicyclic) bond motifs is 2. The second-order valence-corrected chi connectivity index (χ2v) is 8.28. The number of rotatable bonds is 6. The number of nitrogens with two attached hydrogens (primary N) is 1. The van der Waals surface area contributed by atoms with Crippen molar-refractivity contribution in [1.29, 1.82) is 0 Å². The van der Waals surface area contributed by atoms with Gasteiger partial charge in [-0.15, -0.1) is 0 Å². The summed E-state index contributed by atoms with van der Waals surface area (Å²) in [4.78, 5) is 32.2. The second kappa shape index (κ2) is 12.0. The van der Waals surface area contributed by atoms with E-state index in [1.807, 2.05) is 91.0 Å². The van der Waals surface area contributed by atoms with E-state index >= 15 is 0 Å². The number of benzene rings is 3. The van der Waals surface area contributed by atoms with Crippen molar-refractivity contribution in [2.45, 2.75) is 0 Å². The number of carbonyl (C=O) groups is 1. The van der Waals surface area contributed by atoms with Crippen LogP contribution in [0.2, 0.25) is 0 Å². The molecule has 9 heteroatoms. The number of nitrogens with zero attached hydrogens (tertiary/aromatic N) is 5. The molecular weight excluding hydrogens is 488 g/mol. The fraction of sp³-hybridized carbons (Fsp3) is 0. The van der Waals surface area contributed by atoms with Crippen molar-refractivity contribution in [3.8, 4) is 0 Å². The van der Waals surface area contributed by atoms with E-state index in [9.17, 15) is 4.79 Å². The first-order valence-corrected chi connectivity index (χ1v) is 12.1. The van der Waals surface area contributed by atoms with Gasteiger partial charge in [0.25, 0.3) is 0 Å². The van der Waals surface area contributed by atoms with Gasteiger partial charge in [0.1, 0.15) is 24.0 Å². The molecule has 1 amide bonds. The molecule has 0 radical (unpaired) electrons. The zero-order valence-electron chi connectivity index (χ0n) is 20.8. The number of aromatic nitrogens is 5. The SMILES string of the molecule is NC(=O)C=Cc1ccc2ncnc(Nc3ccccc3)c2n1.c1ccc(Nc2ncnc3ccccc23)cc1. The van der Waals surface area contributed by atoms with Gasteiger partial charge < -0.3 is 16.4 Å². The van der Waals surface area contributed by atoms with Crippen LogP contribution in [0.4, 0.5) is 23.0 Å². The van der Waals surface area contributed by atoms with Gasteiger partial charge in [-0.3, -0.25) is 4.79 Å². The van der Waals surface area contributed by atoms with Crippen molar-refractivity contribution in [1.82, 2.24) is 24.9 Å². The molecule has 6 rings (SSSR count). The first-order chi connectivity index (χ1) is 19.2. The lowest BCUT2D eigenvalue weighted by Crippen LogP contribution is -2.05. The smallest absolute Gasteiger partial charge is 0.241 e. The van der Waals surface area contributed by atoms with Crippen LogP contribution in [0.15, 0.2) is 116 Å². The Labute approximate surface area is 224 Å². The second-order valence-electron chi connectivity index (χ2n) is 8.28. The van der Waals surface area contributed by atoms with Gasteiger partial charge in [0, 0.05) is 22.8 Å². The Balaban J connectivity index is 0.000000163. The third-order valence-electron chi connectivity index (χ3n) is 5.54. The summed E-state index contributed by atoms with van der Waals surface area (Å²) in [6, 6.07) is 31.2. The van der Waals surface area contributed by atoms with E-state index in [-0.39, 0.29) is 0 Å². The Morgan fingerprint density at radius 3 is 1.92 bits per heavy atom.